The fraction of sp³-hybridized carbons (Fsp3) is 0.524. The lowest BCUT2D eigenvalue weighted by molar-refractivity contribution is -0.123. The molecule has 6 heteroatoms. The van der Waals surface area contributed by atoms with Crippen LogP contribution in [0.25, 0.3) is 0 Å². The number of amides is 1. The number of hydrogen-bond donors (Lipinski definition) is 2. The lowest BCUT2D eigenvalue weighted by Gasteiger charge is -2.38. The van der Waals surface area contributed by atoms with Gasteiger partial charge in [0.15, 0.2) is 0 Å². The zero-order valence-electron chi connectivity index (χ0n) is 15.7. The van der Waals surface area contributed by atoms with Gasteiger partial charge in [0.05, 0.1) is 18.8 Å². The Hall–Kier alpha value is -2.34. The molecule has 4 rings (SSSR count). The van der Waals surface area contributed by atoms with Gasteiger partial charge in [-0.05, 0) is 42.0 Å². The van der Waals surface area contributed by atoms with Gasteiger partial charge in [-0.15, -0.1) is 0 Å². The van der Waals surface area contributed by atoms with Crippen molar-refractivity contribution in [1.29, 1.82) is 0 Å². The number of hydrogen-bond acceptors (Lipinski definition) is 4. The van der Waals surface area contributed by atoms with E-state index in [9.17, 15) is 9.90 Å². The van der Waals surface area contributed by atoms with Gasteiger partial charge in [-0.2, -0.15) is 0 Å². The van der Waals surface area contributed by atoms with Crippen LogP contribution in [-0.2, 0) is 24.2 Å². The number of aliphatic hydroxyl groups excluding tert-OH is 1. The van der Waals surface area contributed by atoms with Gasteiger partial charge in [0.1, 0.15) is 11.6 Å². The highest BCUT2D eigenvalue weighted by Gasteiger charge is 2.36. The Balaban J connectivity index is 1.44. The zero-order valence-corrected chi connectivity index (χ0v) is 15.7. The first kappa shape index (κ1) is 18.0. The predicted octanol–water partition coefficient (Wildman–Crippen LogP) is 2.40. The van der Waals surface area contributed by atoms with Gasteiger partial charge in [0.25, 0.3) is 0 Å². The summed E-state index contributed by atoms with van der Waals surface area (Å²) in [6.07, 6.45) is 7.12. The maximum atomic E-state index is 12.6. The van der Waals surface area contributed by atoms with Crippen LogP contribution in [0.3, 0.4) is 0 Å². The van der Waals surface area contributed by atoms with Gasteiger partial charge < -0.3 is 19.7 Å². The molecule has 1 aliphatic carbocycles. The van der Waals surface area contributed by atoms with Gasteiger partial charge in [-0.3, -0.25) is 4.79 Å². The minimum atomic E-state index is -0.245. The van der Waals surface area contributed by atoms with Crippen molar-refractivity contribution in [2.75, 3.05) is 6.61 Å². The number of rotatable bonds is 7. The lowest BCUT2D eigenvalue weighted by atomic mass is 9.75. The maximum Gasteiger partial charge on any atom is 0.222 e. The molecule has 0 unspecified atom stereocenters. The van der Waals surface area contributed by atoms with Gasteiger partial charge in [0.2, 0.25) is 5.91 Å². The van der Waals surface area contributed by atoms with Crippen molar-refractivity contribution in [2.24, 2.45) is 5.92 Å². The standard InChI is InChI=1S/C21H27N3O3/c1-2-19-22-7-9-24(19)8-5-20(26)23-21(16-12-17(25)13-16)15-3-4-18-14(11-15)6-10-27-18/h3-4,7,9,11,16-17,21,25H,2,5-6,8,10,12-13H2,1H3,(H,23,26)/t16?,17?,21-/m0/s1. The number of carbonyl (C=O) groups excluding carboxylic acids is 1. The Morgan fingerprint density at radius 3 is 3.07 bits per heavy atom. The van der Waals surface area contributed by atoms with Crippen LogP contribution in [0.5, 0.6) is 5.75 Å². The first-order chi connectivity index (χ1) is 13.1. The third-order valence-electron chi connectivity index (χ3n) is 5.71. The van der Waals surface area contributed by atoms with E-state index in [1.807, 2.05) is 22.9 Å². The van der Waals surface area contributed by atoms with E-state index in [2.05, 4.69) is 23.3 Å². The molecule has 1 amide bonds. The summed E-state index contributed by atoms with van der Waals surface area (Å²) in [4.78, 5) is 17.0. The number of fused-ring (bicyclic) bond motifs is 1. The molecule has 1 aliphatic heterocycles. The second-order valence-electron chi connectivity index (χ2n) is 7.54. The van der Waals surface area contributed by atoms with Crippen LogP contribution in [0.4, 0.5) is 0 Å². The molecular weight excluding hydrogens is 342 g/mol. The summed E-state index contributed by atoms with van der Waals surface area (Å²) >= 11 is 0. The predicted molar refractivity (Wildman–Crippen MR) is 101 cm³/mol. The van der Waals surface area contributed by atoms with E-state index in [0.717, 1.165) is 49.4 Å². The zero-order chi connectivity index (χ0) is 18.8. The van der Waals surface area contributed by atoms with Crippen LogP contribution >= 0.6 is 0 Å². The number of aryl methyl sites for hydroxylation is 2. The highest BCUT2D eigenvalue weighted by Crippen LogP contribution is 2.39. The SMILES string of the molecule is CCc1nccn1CCC(=O)N[C@@H](c1ccc2c(c1)CCO2)C1CC(O)C1. The molecule has 2 aliphatic rings. The Kier molecular flexibility index (Phi) is 5.16. The molecule has 1 atom stereocenters. The average Bonchev–Trinajstić information content (AvgIpc) is 3.29. The molecule has 2 aromatic rings. The van der Waals surface area contributed by atoms with Crippen LogP contribution in [0.15, 0.2) is 30.6 Å². The Bertz CT molecular complexity index is 811. The number of ether oxygens (including phenoxy) is 1. The second kappa shape index (κ2) is 7.72. The minimum Gasteiger partial charge on any atom is -0.493 e. The van der Waals surface area contributed by atoms with Gasteiger partial charge in [0, 0.05) is 38.2 Å². The number of imidazole rings is 1. The van der Waals surface area contributed by atoms with E-state index in [1.165, 1.54) is 5.56 Å². The number of aromatic nitrogens is 2. The van der Waals surface area contributed by atoms with Crippen molar-refractivity contribution in [3.8, 4) is 5.75 Å². The summed E-state index contributed by atoms with van der Waals surface area (Å²) in [6, 6.07) is 6.15. The average molecular weight is 369 g/mol. The molecule has 0 bridgehead atoms. The molecule has 6 nitrogen and oxygen atoms in total. The van der Waals surface area contributed by atoms with E-state index in [1.54, 1.807) is 6.20 Å². The molecule has 0 saturated heterocycles. The second-order valence-corrected chi connectivity index (χ2v) is 7.54. The van der Waals surface area contributed by atoms with Gasteiger partial charge in [-0.25, -0.2) is 4.98 Å². The highest BCUT2D eigenvalue weighted by molar-refractivity contribution is 5.76. The molecule has 0 spiro atoms. The molecule has 144 valence electrons. The Morgan fingerprint density at radius 2 is 2.30 bits per heavy atom. The summed E-state index contributed by atoms with van der Waals surface area (Å²) in [7, 11) is 0. The third-order valence-corrected chi connectivity index (χ3v) is 5.71. The molecule has 2 N–H and O–H groups in total. The molecule has 0 radical (unpaired) electrons. The van der Waals surface area contributed by atoms with E-state index in [4.69, 9.17) is 4.74 Å². The largest absolute Gasteiger partial charge is 0.493 e. The van der Waals surface area contributed by atoms with Crippen LogP contribution in [0, 0.1) is 5.92 Å². The van der Waals surface area contributed by atoms with E-state index in [0.29, 0.717) is 13.0 Å². The van der Waals surface area contributed by atoms with Crippen molar-refractivity contribution in [2.45, 2.75) is 57.7 Å². The van der Waals surface area contributed by atoms with Crippen molar-refractivity contribution in [1.82, 2.24) is 14.9 Å². The number of aliphatic hydroxyl groups is 1. The molecule has 1 aromatic carbocycles. The van der Waals surface area contributed by atoms with Crippen molar-refractivity contribution in [3.63, 3.8) is 0 Å². The van der Waals surface area contributed by atoms with Crippen LogP contribution in [0.1, 0.15) is 49.2 Å². The first-order valence-corrected chi connectivity index (χ1v) is 9.87. The monoisotopic (exact) mass is 369 g/mol. The summed E-state index contributed by atoms with van der Waals surface area (Å²) in [5, 5.41) is 13.0. The van der Waals surface area contributed by atoms with Crippen molar-refractivity contribution >= 4 is 5.91 Å². The summed E-state index contributed by atoms with van der Waals surface area (Å²) in [5.41, 5.74) is 2.32. The fourth-order valence-corrected chi connectivity index (χ4v) is 4.10. The number of benzene rings is 1. The molecule has 1 aromatic heterocycles. The maximum absolute atomic E-state index is 12.6. The van der Waals surface area contributed by atoms with E-state index in [-0.39, 0.29) is 24.0 Å². The van der Waals surface area contributed by atoms with Gasteiger partial charge in [-0.1, -0.05) is 13.0 Å². The smallest absolute Gasteiger partial charge is 0.222 e. The van der Waals surface area contributed by atoms with Crippen LogP contribution in [-0.4, -0.2) is 33.3 Å². The minimum absolute atomic E-state index is 0.0360. The number of nitrogens with zero attached hydrogens (tertiary/aromatic N) is 2. The Morgan fingerprint density at radius 1 is 1.44 bits per heavy atom. The summed E-state index contributed by atoms with van der Waals surface area (Å²) in [5.74, 6) is 2.27. The van der Waals surface area contributed by atoms with Crippen LogP contribution < -0.4 is 10.1 Å². The lowest BCUT2D eigenvalue weighted by Crippen LogP contribution is -2.41. The summed E-state index contributed by atoms with van der Waals surface area (Å²) < 4.78 is 7.63. The quantitative estimate of drug-likeness (QED) is 0.786. The number of carbonyl (C=O) groups is 1. The highest BCUT2D eigenvalue weighted by atomic mass is 16.5. The topological polar surface area (TPSA) is 76.4 Å². The fourth-order valence-electron chi connectivity index (χ4n) is 4.10. The molecular formula is C21H27N3O3. The van der Waals surface area contributed by atoms with Crippen molar-refractivity contribution < 1.29 is 14.6 Å². The summed E-state index contributed by atoms with van der Waals surface area (Å²) in [6.45, 7) is 3.42. The number of nitrogens with one attached hydrogen (secondary N) is 1. The normalized spacial score (nSPS) is 21.9. The molecule has 1 fully saturated rings. The molecule has 27 heavy (non-hydrogen) atoms. The van der Waals surface area contributed by atoms with Crippen LogP contribution in [0.2, 0.25) is 0 Å². The third kappa shape index (κ3) is 3.86. The molecule has 1 saturated carbocycles. The van der Waals surface area contributed by atoms with E-state index < -0.39 is 0 Å². The van der Waals surface area contributed by atoms with Crippen molar-refractivity contribution in [3.05, 3.63) is 47.5 Å². The van der Waals surface area contributed by atoms with E-state index >= 15 is 0 Å². The van der Waals surface area contributed by atoms with Gasteiger partial charge >= 0.3 is 0 Å². The first-order valence-electron chi connectivity index (χ1n) is 9.87. The Labute approximate surface area is 159 Å². The molecule has 2 heterocycles.